The van der Waals surface area contributed by atoms with Crippen molar-refractivity contribution in [1.82, 2.24) is 10.2 Å². The van der Waals surface area contributed by atoms with Crippen molar-refractivity contribution in [2.75, 3.05) is 30.8 Å². The van der Waals surface area contributed by atoms with Crippen LogP contribution in [0, 0.1) is 0 Å². The second-order valence-corrected chi connectivity index (χ2v) is 12.1. The van der Waals surface area contributed by atoms with E-state index in [0.717, 1.165) is 28.1 Å². The van der Waals surface area contributed by atoms with Gasteiger partial charge in [-0.05, 0) is 53.6 Å². The van der Waals surface area contributed by atoms with Crippen LogP contribution in [-0.4, -0.2) is 57.6 Å². The number of ether oxygens (including phenoxy) is 1. The van der Waals surface area contributed by atoms with Crippen molar-refractivity contribution in [3.8, 4) is 5.75 Å². The van der Waals surface area contributed by atoms with Crippen LogP contribution in [0.15, 0.2) is 48.5 Å². The predicted molar refractivity (Wildman–Crippen MR) is 148 cm³/mol. The van der Waals surface area contributed by atoms with Gasteiger partial charge in [0.25, 0.3) is 0 Å². The molecule has 2 aromatic rings. The van der Waals surface area contributed by atoms with Crippen LogP contribution in [0.4, 0.5) is 5.69 Å². The van der Waals surface area contributed by atoms with Crippen LogP contribution in [0.5, 0.6) is 5.75 Å². The summed E-state index contributed by atoms with van der Waals surface area (Å²) in [4.78, 5) is 28.2. The lowest BCUT2D eigenvalue weighted by Crippen LogP contribution is -2.52. The van der Waals surface area contributed by atoms with Gasteiger partial charge in [0, 0.05) is 13.1 Å². The Kier molecular flexibility index (Phi) is 10.5. The summed E-state index contributed by atoms with van der Waals surface area (Å²) in [6, 6.07) is 13.7. The van der Waals surface area contributed by atoms with Gasteiger partial charge < -0.3 is 15.0 Å². The number of benzene rings is 2. The van der Waals surface area contributed by atoms with Crippen LogP contribution in [0.3, 0.4) is 0 Å². The summed E-state index contributed by atoms with van der Waals surface area (Å²) in [5.74, 6) is -0.0393. The highest BCUT2D eigenvalue weighted by atomic mass is 32.2. The van der Waals surface area contributed by atoms with Crippen LogP contribution >= 0.6 is 0 Å². The van der Waals surface area contributed by atoms with Crippen molar-refractivity contribution in [3.05, 3.63) is 59.7 Å². The van der Waals surface area contributed by atoms with Gasteiger partial charge in [0.2, 0.25) is 21.8 Å². The van der Waals surface area contributed by atoms with Crippen molar-refractivity contribution >= 4 is 27.5 Å². The van der Waals surface area contributed by atoms with Gasteiger partial charge in [-0.1, -0.05) is 58.9 Å². The van der Waals surface area contributed by atoms with Crippen LogP contribution in [-0.2, 0) is 31.6 Å². The molecule has 0 heterocycles. The molecule has 8 nitrogen and oxygen atoms in total. The molecule has 0 fully saturated rings. The van der Waals surface area contributed by atoms with Gasteiger partial charge in [0.05, 0.1) is 19.1 Å². The summed E-state index contributed by atoms with van der Waals surface area (Å²) in [5, 5.41) is 2.87. The first kappa shape index (κ1) is 30.2. The molecular weight excluding hydrogens is 490 g/mol. The molecule has 37 heavy (non-hydrogen) atoms. The third-order valence-corrected chi connectivity index (χ3v) is 7.29. The van der Waals surface area contributed by atoms with Gasteiger partial charge in [-0.2, -0.15) is 0 Å². The van der Waals surface area contributed by atoms with Crippen LogP contribution in [0.2, 0.25) is 0 Å². The summed E-state index contributed by atoms with van der Waals surface area (Å²) >= 11 is 0. The van der Waals surface area contributed by atoms with Gasteiger partial charge >= 0.3 is 0 Å². The number of methoxy groups -OCH3 is 1. The third-order valence-electron chi connectivity index (χ3n) is 6.15. The first-order valence-electron chi connectivity index (χ1n) is 12.6. The zero-order valence-electron chi connectivity index (χ0n) is 23.1. The Labute approximate surface area is 222 Å². The van der Waals surface area contributed by atoms with Gasteiger partial charge in [0.15, 0.2) is 0 Å². The van der Waals surface area contributed by atoms with E-state index in [4.69, 9.17) is 4.74 Å². The number of amides is 2. The predicted octanol–water partition coefficient (Wildman–Crippen LogP) is 4.09. The molecule has 1 atom stereocenters. The number of carbonyl (C=O) groups excluding carboxylic acids is 2. The van der Waals surface area contributed by atoms with E-state index in [0.29, 0.717) is 24.4 Å². The lowest BCUT2D eigenvalue weighted by atomic mass is 9.87. The van der Waals surface area contributed by atoms with E-state index in [2.05, 4.69) is 26.1 Å². The molecule has 1 N–H and O–H groups in total. The molecule has 2 amide bonds. The van der Waals surface area contributed by atoms with Gasteiger partial charge in [0.1, 0.15) is 18.3 Å². The molecule has 204 valence electrons. The molecule has 0 radical (unpaired) electrons. The van der Waals surface area contributed by atoms with Gasteiger partial charge in [-0.25, -0.2) is 8.42 Å². The second-order valence-electron chi connectivity index (χ2n) is 10.2. The summed E-state index contributed by atoms with van der Waals surface area (Å²) in [6.07, 6.45) is 2.23. The fourth-order valence-corrected chi connectivity index (χ4v) is 4.80. The SMILES string of the molecule is CCCNC(=O)[C@@H](CC)N(Cc1ccc(OC)cc1)C(=O)CN(c1ccc(C(C)(C)C)cc1)S(C)(=O)=O. The first-order chi connectivity index (χ1) is 17.3. The molecule has 0 saturated heterocycles. The van der Waals surface area contributed by atoms with Gasteiger partial charge in [-0.3, -0.25) is 13.9 Å². The number of rotatable bonds is 12. The Bertz CT molecular complexity index is 1140. The maximum Gasteiger partial charge on any atom is 0.244 e. The quantitative estimate of drug-likeness (QED) is 0.445. The lowest BCUT2D eigenvalue weighted by Gasteiger charge is -2.33. The van der Waals surface area contributed by atoms with Crippen LogP contribution in [0.1, 0.15) is 58.6 Å². The molecule has 2 rings (SSSR count). The Morgan fingerprint density at radius 1 is 1.00 bits per heavy atom. The maximum absolute atomic E-state index is 13.7. The Balaban J connectivity index is 2.42. The monoisotopic (exact) mass is 531 g/mol. The van der Waals surface area contributed by atoms with Crippen molar-refractivity contribution in [2.24, 2.45) is 0 Å². The molecule has 0 aliphatic rings. The van der Waals surface area contributed by atoms with Gasteiger partial charge in [-0.15, -0.1) is 0 Å². The standard InChI is InChI=1S/C28H41N3O5S/c1-8-18-29-27(33)25(9-2)30(19-21-10-16-24(36-6)17-11-21)26(32)20-31(37(7,34)35)23-14-12-22(13-15-23)28(3,4)5/h10-17,25H,8-9,18-20H2,1-7H3,(H,29,33)/t25-/m1/s1. The van der Waals surface area contributed by atoms with E-state index in [1.807, 2.05) is 38.1 Å². The largest absolute Gasteiger partial charge is 0.497 e. The Morgan fingerprint density at radius 2 is 1.59 bits per heavy atom. The lowest BCUT2D eigenvalue weighted by molar-refractivity contribution is -0.140. The number of sulfonamides is 1. The molecule has 0 unspecified atom stereocenters. The minimum atomic E-state index is -3.77. The first-order valence-corrected chi connectivity index (χ1v) is 14.4. The molecule has 2 aromatic carbocycles. The average molecular weight is 532 g/mol. The molecule has 0 spiro atoms. The molecule has 0 aromatic heterocycles. The fraction of sp³-hybridized carbons (Fsp3) is 0.500. The molecule has 0 bridgehead atoms. The molecule has 9 heteroatoms. The minimum Gasteiger partial charge on any atom is -0.497 e. The maximum atomic E-state index is 13.7. The molecule has 0 aliphatic heterocycles. The molecular formula is C28H41N3O5S. The van der Waals surface area contributed by atoms with E-state index in [9.17, 15) is 18.0 Å². The highest BCUT2D eigenvalue weighted by Crippen LogP contribution is 2.26. The van der Waals surface area contributed by atoms with E-state index in [1.165, 1.54) is 4.90 Å². The zero-order chi connectivity index (χ0) is 27.8. The molecule has 0 saturated carbocycles. The Morgan fingerprint density at radius 3 is 2.05 bits per heavy atom. The zero-order valence-corrected chi connectivity index (χ0v) is 23.9. The number of hydrogen-bond donors (Lipinski definition) is 1. The van der Waals surface area contributed by atoms with E-state index < -0.39 is 28.5 Å². The highest BCUT2D eigenvalue weighted by Gasteiger charge is 2.31. The minimum absolute atomic E-state index is 0.0976. The normalized spacial score (nSPS) is 12.5. The summed E-state index contributed by atoms with van der Waals surface area (Å²) in [6.45, 7) is 10.3. The van der Waals surface area contributed by atoms with Crippen molar-refractivity contribution < 1.29 is 22.7 Å². The second kappa shape index (κ2) is 12.9. The highest BCUT2D eigenvalue weighted by molar-refractivity contribution is 7.92. The van der Waals surface area contributed by atoms with Crippen LogP contribution in [0.25, 0.3) is 0 Å². The van der Waals surface area contributed by atoms with E-state index in [-0.39, 0.29) is 17.9 Å². The summed E-state index contributed by atoms with van der Waals surface area (Å²) in [7, 11) is -2.20. The molecule has 0 aliphatic carbocycles. The average Bonchev–Trinajstić information content (AvgIpc) is 2.85. The van der Waals surface area contributed by atoms with E-state index in [1.54, 1.807) is 31.4 Å². The van der Waals surface area contributed by atoms with Crippen molar-refractivity contribution in [2.45, 2.75) is 65.5 Å². The summed E-state index contributed by atoms with van der Waals surface area (Å²) < 4.78 is 31.9. The van der Waals surface area contributed by atoms with Crippen LogP contribution < -0.4 is 14.4 Å². The number of anilines is 1. The smallest absolute Gasteiger partial charge is 0.244 e. The number of nitrogens with one attached hydrogen (secondary N) is 1. The number of hydrogen-bond acceptors (Lipinski definition) is 5. The fourth-order valence-electron chi connectivity index (χ4n) is 3.95. The topological polar surface area (TPSA) is 96.0 Å². The summed E-state index contributed by atoms with van der Waals surface area (Å²) in [5.41, 5.74) is 2.16. The Hall–Kier alpha value is -3.07. The number of carbonyl (C=O) groups is 2. The van der Waals surface area contributed by atoms with E-state index >= 15 is 0 Å². The van der Waals surface area contributed by atoms with Crippen molar-refractivity contribution in [1.29, 1.82) is 0 Å². The number of nitrogens with zero attached hydrogens (tertiary/aromatic N) is 2. The van der Waals surface area contributed by atoms with Crippen molar-refractivity contribution in [3.63, 3.8) is 0 Å². The third kappa shape index (κ3) is 8.49.